The van der Waals surface area contributed by atoms with Crippen LogP contribution in [0.4, 0.5) is 0 Å². The Morgan fingerprint density at radius 1 is 0.580 bits per heavy atom. The molecule has 534 valence electrons. The van der Waals surface area contributed by atoms with Crippen LogP contribution >= 0.6 is 0 Å². The topological polar surface area (TPSA) is 399 Å². The minimum atomic E-state index is -1.78. The van der Waals surface area contributed by atoms with Crippen LogP contribution in [0.25, 0.3) is 21.5 Å². The Labute approximate surface area is 578 Å². The summed E-state index contributed by atoms with van der Waals surface area (Å²) in [5, 5.41) is 58.8. The van der Waals surface area contributed by atoms with Gasteiger partial charge in [0.15, 0.2) is 0 Å². The standard InChI is InChI=1S/C72H89N11O17/c1-40(73-6)62(87)79-55(37-60(85)86)68(93)83-39-51-36-58(83)67(92)78-53(33-43-18-22-45-14-8-10-16-47(45)30-43)64(89)76-52(70(95)96)26-27-59(84)75-49-35-57(82(38-49)69(94)61(72(3,4)5)81-63(88)41(2)74-7)66(91)77-54(34-44-19-23-46-15-9-11-17-48(46)31-44)65(90)80-56(71(97)98)32-42-20-24-50(25-21-42)99-28-12-13-29-100-51/h8-25,30-31,40-41,49,51-58,61,73-74H,26-29,32-39H2,1-7H3,(H,75,84)(H,76,89)(H,77,91)(H,78,92)(H,79,87)(H,80,90)(H,81,88)(H,85,86)(H,95,96)(H,97,98)/b13-12-/t40-,41-,49-,51?,52-,53-,54-,55-,56-,57?,58?,61+/m0/s1. The van der Waals surface area contributed by atoms with Gasteiger partial charge in [-0.25, -0.2) is 9.59 Å². The van der Waals surface area contributed by atoms with Gasteiger partial charge in [0, 0.05) is 51.2 Å². The number of carboxylic acids is 3. The van der Waals surface area contributed by atoms with E-state index in [1.807, 2.05) is 54.6 Å². The first kappa shape index (κ1) is 75.5. The number of amides is 9. The molecule has 12 atom stereocenters. The predicted molar refractivity (Wildman–Crippen MR) is 367 cm³/mol. The van der Waals surface area contributed by atoms with E-state index in [4.69, 9.17) is 9.47 Å². The van der Waals surface area contributed by atoms with Crippen LogP contribution in [0.5, 0.6) is 5.75 Å². The number of carbonyl (C=O) groups excluding carboxylic acids is 9. The molecule has 2 fully saturated rings. The van der Waals surface area contributed by atoms with Crippen LogP contribution in [-0.2, 0) is 81.5 Å². The van der Waals surface area contributed by atoms with Gasteiger partial charge in [0.25, 0.3) is 0 Å². The third-order valence-corrected chi connectivity index (χ3v) is 18.1. The normalized spacial score (nSPS) is 23.2. The Hall–Kier alpha value is -10.3. The zero-order valence-corrected chi connectivity index (χ0v) is 56.9. The molecule has 5 aromatic rings. The number of rotatable bonds is 16. The molecule has 6 bridgehead atoms. The highest BCUT2D eigenvalue weighted by Crippen LogP contribution is 2.29. The van der Waals surface area contributed by atoms with E-state index < -0.39 is 168 Å². The summed E-state index contributed by atoms with van der Waals surface area (Å²) >= 11 is 0. The third kappa shape index (κ3) is 20.4. The van der Waals surface area contributed by atoms with Gasteiger partial charge in [0.2, 0.25) is 53.2 Å². The number of aliphatic carboxylic acids is 3. The summed E-state index contributed by atoms with van der Waals surface area (Å²) in [5.74, 6) is -11.3. The lowest BCUT2D eigenvalue weighted by atomic mass is 9.85. The number of carbonyl (C=O) groups is 12. The number of likely N-dealkylation sites (N-methyl/N-ethyl adjacent to an activating group) is 2. The highest BCUT2D eigenvalue weighted by atomic mass is 16.5. The number of carboxylic acid groups (broad SMARTS) is 3. The summed E-state index contributed by atoms with van der Waals surface area (Å²) < 4.78 is 12.1. The zero-order chi connectivity index (χ0) is 72.5. The molecule has 0 aromatic heterocycles. The molecule has 9 amide bonds. The molecule has 100 heavy (non-hydrogen) atoms. The van der Waals surface area contributed by atoms with E-state index in [9.17, 15) is 63.3 Å². The van der Waals surface area contributed by atoms with Crippen molar-refractivity contribution in [2.75, 3.05) is 40.4 Å². The van der Waals surface area contributed by atoms with Gasteiger partial charge >= 0.3 is 17.9 Å². The summed E-state index contributed by atoms with van der Waals surface area (Å²) in [4.78, 5) is 171. The summed E-state index contributed by atoms with van der Waals surface area (Å²) in [5.41, 5.74) is 0.615. The van der Waals surface area contributed by atoms with Crippen LogP contribution in [0.2, 0.25) is 0 Å². The highest BCUT2D eigenvalue weighted by molar-refractivity contribution is 5.99. The molecule has 0 saturated carbocycles. The maximum absolute atomic E-state index is 15.1. The molecular formula is C72H89N11O17. The molecule has 9 rings (SSSR count). The molecule has 2 saturated heterocycles. The van der Waals surface area contributed by atoms with Crippen molar-refractivity contribution in [2.45, 2.75) is 159 Å². The number of likely N-dealkylation sites (tertiary alicyclic amines) is 2. The molecule has 0 aliphatic carbocycles. The second kappa shape index (κ2) is 34.4. The second-order valence-electron chi connectivity index (χ2n) is 26.6. The first-order valence-corrected chi connectivity index (χ1v) is 33.3. The van der Waals surface area contributed by atoms with Gasteiger partial charge in [-0.15, -0.1) is 0 Å². The van der Waals surface area contributed by atoms with Gasteiger partial charge in [0.05, 0.1) is 31.2 Å². The van der Waals surface area contributed by atoms with Crippen molar-refractivity contribution in [3.05, 3.63) is 138 Å². The fourth-order valence-electron chi connectivity index (χ4n) is 12.2. The number of ether oxygens (including phenoxy) is 2. The molecule has 0 spiro atoms. The van der Waals surface area contributed by atoms with Gasteiger partial charge in [-0.2, -0.15) is 0 Å². The fraction of sp³-hybridized carbons (Fsp3) is 0.444. The Bertz CT molecular complexity index is 3880. The van der Waals surface area contributed by atoms with Crippen LogP contribution < -0.4 is 52.6 Å². The van der Waals surface area contributed by atoms with Crippen molar-refractivity contribution in [3.63, 3.8) is 0 Å². The van der Waals surface area contributed by atoms with Crippen molar-refractivity contribution in [2.24, 2.45) is 5.41 Å². The number of benzene rings is 5. The molecular weight excluding hydrogens is 1290 g/mol. The molecule has 4 aliphatic heterocycles. The smallest absolute Gasteiger partial charge is 0.326 e. The van der Waals surface area contributed by atoms with Crippen LogP contribution in [0.3, 0.4) is 0 Å². The minimum Gasteiger partial charge on any atom is -0.490 e. The molecule has 28 nitrogen and oxygen atoms in total. The Balaban J connectivity index is 1.14. The van der Waals surface area contributed by atoms with Crippen LogP contribution in [0, 0.1) is 5.41 Å². The summed E-state index contributed by atoms with van der Waals surface area (Å²) in [6, 6.07) is 17.2. The number of hydrogen-bond acceptors (Lipinski definition) is 16. The van der Waals surface area contributed by atoms with Crippen molar-refractivity contribution in [1.82, 2.24) is 57.7 Å². The monoisotopic (exact) mass is 1380 g/mol. The Morgan fingerprint density at radius 3 is 1.62 bits per heavy atom. The molecule has 4 aliphatic rings. The van der Waals surface area contributed by atoms with E-state index >= 15 is 9.59 Å². The van der Waals surface area contributed by atoms with Crippen LogP contribution in [0.1, 0.15) is 83.4 Å². The van der Waals surface area contributed by atoms with Crippen LogP contribution in [-0.4, -0.2) is 209 Å². The van der Waals surface area contributed by atoms with E-state index in [1.54, 1.807) is 101 Å². The summed E-state index contributed by atoms with van der Waals surface area (Å²) in [7, 11) is 3.05. The zero-order valence-electron chi connectivity index (χ0n) is 56.9. The highest BCUT2D eigenvalue weighted by Gasteiger charge is 2.48. The molecule has 3 unspecified atom stereocenters. The molecule has 28 heteroatoms. The van der Waals surface area contributed by atoms with Crippen molar-refractivity contribution in [1.29, 1.82) is 0 Å². The van der Waals surface area contributed by atoms with E-state index in [0.29, 0.717) is 22.4 Å². The quantitative estimate of drug-likeness (QED) is 0.0625. The second-order valence-corrected chi connectivity index (χ2v) is 26.6. The van der Waals surface area contributed by atoms with E-state index in [-0.39, 0.29) is 58.4 Å². The van der Waals surface area contributed by atoms with Crippen molar-refractivity contribution < 1.29 is 82.3 Å². The van der Waals surface area contributed by atoms with E-state index in [0.717, 1.165) is 26.4 Å². The average molecular weight is 1380 g/mol. The average Bonchev–Trinajstić information content (AvgIpc) is 1.61. The maximum Gasteiger partial charge on any atom is 0.326 e. The molecule has 0 radical (unpaired) electrons. The first-order chi connectivity index (χ1) is 47.6. The largest absolute Gasteiger partial charge is 0.490 e. The molecule has 4 heterocycles. The fourth-order valence-corrected chi connectivity index (χ4v) is 12.2. The summed E-state index contributed by atoms with van der Waals surface area (Å²) in [6.45, 7) is 7.53. The van der Waals surface area contributed by atoms with Crippen molar-refractivity contribution >= 4 is 92.6 Å². The number of nitrogens with zero attached hydrogens (tertiary/aromatic N) is 2. The van der Waals surface area contributed by atoms with Gasteiger partial charge in [-0.3, -0.25) is 47.9 Å². The predicted octanol–water partition coefficient (Wildman–Crippen LogP) is 1.64. The van der Waals surface area contributed by atoms with E-state index in [1.165, 1.54) is 18.9 Å². The number of fused-ring (bicyclic) bond motifs is 23. The van der Waals surface area contributed by atoms with Gasteiger partial charge in [-0.1, -0.05) is 124 Å². The molecule has 12 N–H and O–H groups in total. The lowest BCUT2D eigenvalue weighted by molar-refractivity contribution is -0.146. The maximum atomic E-state index is 15.1. The Kier molecular flexibility index (Phi) is 26.0. The number of hydrogen-bond donors (Lipinski definition) is 12. The third-order valence-electron chi connectivity index (χ3n) is 18.1. The summed E-state index contributed by atoms with van der Waals surface area (Å²) in [6.07, 6.45) is -0.652. The number of nitrogens with one attached hydrogen (secondary N) is 9. The SMILES string of the molecule is CN[C@@H](C)C(=O)N[C@@H](CC(=O)O)C(=O)N1CC2CC1C(=O)N[C@@H](Cc1ccc3ccccc3c1)C(=O)N[C@H](C(=O)O)CCC(=O)N[C@H]1CC(C(=O)N[C@@H](Cc3ccc4ccccc4c3)C(=O)N[C@H](C(=O)O)Cc3ccc(cc3)OC/C=C\CO2)N(C(=O)[C@@H](NC(=O)[C@H](C)NC)C(C)(C)C)C1. The lowest BCUT2D eigenvalue weighted by Gasteiger charge is -2.36. The van der Waals surface area contributed by atoms with Crippen LogP contribution in [0.15, 0.2) is 121 Å². The first-order valence-electron chi connectivity index (χ1n) is 33.3. The minimum absolute atomic E-state index is 0.01000. The Morgan fingerprint density at radius 2 is 1.09 bits per heavy atom. The van der Waals surface area contributed by atoms with Gasteiger partial charge in [-0.05, 0) is 103 Å². The lowest BCUT2D eigenvalue weighted by Crippen LogP contribution is -2.61. The van der Waals surface area contributed by atoms with Gasteiger partial charge in [0.1, 0.15) is 60.7 Å². The van der Waals surface area contributed by atoms with Crippen molar-refractivity contribution in [3.8, 4) is 5.75 Å². The van der Waals surface area contributed by atoms with E-state index in [2.05, 4.69) is 47.9 Å². The van der Waals surface area contributed by atoms with Gasteiger partial charge < -0.3 is 82.4 Å². The molecule has 5 aromatic carbocycles.